The molecule has 0 fully saturated rings. The Hall–Kier alpha value is -1.50. The molecular formula is C13H16O. The fourth-order valence-electron chi connectivity index (χ4n) is 1.17. The SMILES string of the molecule is COC(/C=C/c1ccccc1)=C(C)C. The highest BCUT2D eigenvalue weighted by Gasteiger charge is 1.92. The third kappa shape index (κ3) is 3.09. The predicted molar refractivity (Wildman–Crippen MR) is 60.9 cm³/mol. The molecule has 0 atom stereocenters. The van der Waals surface area contributed by atoms with E-state index in [1.54, 1.807) is 7.11 Å². The normalized spacial score (nSPS) is 10.2. The van der Waals surface area contributed by atoms with Crippen LogP contribution in [0.5, 0.6) is 0 Å². The molecule has 1 aromatic rings. The van der Waals surface area contributed by atoms with Gasteiger partial charge in [0.15, 0.2) is 0 Å². The molecule has 0 aliphatic heterocycles. The van der Waals surface area contributed by atoms with Crippen molar-refractivity contribution in [3.8, 4) is 0 Å². The van der Waals surface area contributed by atoms with Crippen molar-refractivity contribution in [1.82, 2.24) is 0 Å². The highest BCUT2D eigenvalue weighted by Crippen LogP contribution is 2.09. The minimum Gasteiger partial charge on any atom is -0.497 e. The van der Waals surface area contributed by atoms with Crippen LogP contribution in [-0.4, -0.2) is 7.11 Å². The van der Waals surface area contributed by atoms with E-state index >= 15 is 0 Å². The number of allylic oxidation sites excluding steroid dienone is 2. The van der Waals surface area contributed by atoms with Crippen LogP contribution in [0.3, 0.4) is 0 Å². The summed E-state index contributed by atoms with van der Waals surface area (Å²) in [7, 11) is 1.69. The average Bonchev–Trinajstić information content (AvgIpc) is 2.20. The van der Waals surface area contributed by atoms with Crippen LogP contribution in [0.25, 0.3) is 6.08 Å². The van der Waals surface area contributed by atoms with Crippen LogP contribution in [0.1, 0.15) is 19.4 Å². The summed E-state index contributed by atoms with van der Waals surface area (Å²) in [5.74, 6) is 0.925. The van der Waals surface area contributed by atoms with Crippen LogP contribution in [-0.2, 0) is 4.74 Å². The van der Waals surface area contributed by atoms with Crippen molar-refractivity contribution >= 4 is 6.08 Å². The smallest absolute Gasteiger partial charge is 0.117 e. The van der Waals surface area contributed by atoms with Gasteiger partial charge in [0.1, 0.15) is 5.76 Å². The Labute approximate surface area is 85.7 Å². The molecule has 0 bridgehead atoms. The van der Waals surface area contributed by atoms with Crippen LogP contribution in [0.15, 0.2) is 47.7 Å². The topological polar surface area (TPSA) is 9.23 Å². The first kappa shape index (κ1) is 10.6. The van der Waals surface area contributed by atoms with Crippen LogP contribution >= 0.6 is 0 Å². The van der Waals surface area contributed by atoms with Crippen LogP contribution in [0.2, 0.25) is 0 Å². The monoisotopic (exact) mass is 188 g/mol. The van der Waals surface area contributed by atoms with E-state index in [-0.39, 0.29) is 0 Å². The van der Waals surface area contributed by atoms with Crippen molar-refractivity contribution in [1.29, 1.82) is 0 Å². The summed E-state index contributed by atoms with van der Waals surface area (Å²) in [4.78, 5) is 0. The quantitative estimate of drug-likeness (QED) is 0.519. The molecule has 74 valence electrons. The zero-order valence-corrected chi connectivity index (χ0v) is 8.95. The van der Waals surface area contributed by atoms with Gasteiger partial charge in [-0.05, 0) is 31.1 Å². The van der Waals surface area contributed by atoms with E-state index in [1.807, 2.05) is 44.2 Å². The zero-order valence-electron chi connectivity index (χ0n) is 8.95. The van der Waals surface area contributed by atoms with Gasteiger partial charge in [-0.3, -0.25) is 0 Å². The molecule has 0 aromatic heterocycles. The lowest BCUT2D eigenvalue weighted by atomic mass is 10.2. The highest BCUT2D eigenvalue weighted by atomic mass is 16.5. The molecule has 0 amide bonds. The second-order valence-corrected chi connectivity index (χ2v) is 3.31. The van der Waals surface area contributed by atoms with E-state index in [2.05, 4.69) is 12.1 Å². The van der Waals surface area contributed by atoms with Gasteiger partial charge in [0.2, 0.25) is 0 Å². The van der Waals surface area contributed by atoms with Crippen LogP contribution < -0.4 is 0 Å². The largest absolute Gasteiger partial charge is 0.497 e. The maximum atomic E-state index is 5.23. The van der Waals surface area contributed by atoms with Gasteiger partial charge in [-0.25, -0.2) is 0 Å². The Kier molecular flexibility index (Phi) is 3.99. The van der Waals surface area contributed by atoms with Crippen molar-refractivity contribution in [3.05, 3.63) is 53.3 Å². The molecule has 1 rings (SSSR count). The number of rotatable bonds is 3. The molecule has 0 aliphatic rings. The molecule has 0 spiro atoms. The Morgan fingerprint density at radius 1 is 1.14 bits per heavy atom. The number of ether oxygens (including phenoxy) is 1. The van der Waals surface area contributed by atoms with Gasteiger partial charge in [-0.15, -0.1) is 0 Å². The fraction of sp³-hybridized carbons (Fsp3) is 0.231. The lowest BCUT2D eigenvalue weighted by Crippen LogP contribution is -1.84. The van der Waals surface area contributed by atoms with Crippen LogP contribution in [0.4, 0.5) is 0 Å². The van der Waals surface area contributed by atoms with E-state index in [1.165, 1.54) is 11.1 Å². The number of hydrogen-bond donors (Lipinski definition) is 0. The minimum atomic E-state index is 0.925. The molecule has 0 saturated heterocycles. The van der Waals surface area contributed by atoms with Gasteiger partial charge < -0.3 is 4.74 Å². The zero-order chi connectivity index (χ0) is 10.4. The van der Waals surface area contributed by atoms with Crippen molar-refractivity contribution < 1.29 is 4.74 Å². The third-order valence-corrected chi connectivity index (χ3v) is 1.94. The van der Waals surface area contributed by atoms with Crippen molar-refractivity contribution in [3.63, 3.8) is 0 Å². The fourth-order valence-corrected chi connectivity index (χ4v) is 1.17. The molecule has 0 saturated carbocycles. The Balaban J connectivity index is 2.78. The highest BCUT2D eigenvalue weighted by molar-refractivity contribution is 5.52. The van der Waals surface area contributed by atoms with Gasteiger partial charge in [-0.2, -0.15) is 0 Å². The predicted octanol–water partition coefficient (Wildman–Crippen LogP) is 3.64. The minimum absolute atomic E-state index is 0.925. The molecular weight excluding hydrogens is 172 g/mol. The Bertz CT molecular complexity index is 330. The van der Waals surface area contributed by atoms with Crippen molar-refractivity contribution in [2.24, 2.45) is 0 Å². The standard InChI is InChI=1S/C13H16O/c1-11(2)13(14-3)10-9-12-7-5-4-6-8-12/h4-10H,1-3H3/b10-9+. The van der Waals surface area contributed by atoms with E-state index in [4.69, 9.17) is 4.74 Å². The molecule has 1 heteroatoms. The van der Waals surface area contributed by atoms with E-state index in [0.717, 1.165) is 5.76 Å². The van der Waals surface area contributed by atoms with Gasteiger partial charge in [0.05, 0.1) is 7.11 Å². The second kappa shape index (κ2) is 5.28. The molecule has 0 radical (unpaired) electrons. The molecule has 0 N–H and O–H groups in total. The molecule has 0 unspecified atom stereocenters. The molecule has 0 aliphatic carbocycles. The lowest BCUT2D eigenvalue weighted by molar-refractivity contribution is 0.303. The maximum absolute atomic E-state index is 5.23. The summed E-state index contributed by atoms with van der Waals surface area (Å²) < 4.78 is 5.23. The number of hydrogen-bond acceptors (Lipinski definition) is 1. The summed E-state index contributed by atoms with van der Waals surface area (Å²) >= 11 is 0. The maximum Gasteiger partial charge on any atom is 0.117 e. The van der Waals surface area contributed by atoms with E-state index < -0.39 is 0 Å². The first-order valence-electron chi connectivity index (χ1n) is 4.68. The summed E-state index contributed by atoms with van der Waals surface area (Å²) in [6.07, 6.45) is 4.04. The molecule has 1 nitrogen and oxygen atoms in total. The molecule has 0 heterocycles. The van der Waals surface area contributed by atoms with Gasteiger partial charge >= 0.3 is 0 Å². The Morgan fingerprint density at radius 3 is 2.29 bits per heavy atom. The number of benzene rings is 1. The van der Waals surface area contributed by atoms with Crippen molar-refractivity contribution in [2.75, 3.05) is 7.11 Å². The summed E-state index contributed by atoms with van der Waals surface area (Å²) in [5.41, 5.74) is 2.36. The number of methoxy groups -OCH3 is 1. The van der Waals surface area contributed by atoms with Gasteiger partial charge in [0, 0.05) is 0 Å². The van der Waals surface area contributed by atoms with Gasteiger partial charge in [0.25, 0.3) is 0 Å². The van der Waals surface area contributed by atoms with Gasteiger partial charge in [-0.1, -0.05) is 36.4 Å². The average molecular weight is 188 g/mol. The summed E-state index contributed by atoms with van der Waals surface area (Å²) in [6, 6.07) is 10.2. The van der Waals surface area contributed by atoms with Crippen molar-refractivity contribution in [2.45, 2.75) is 13.8 Å². The summed E-state index contributed by atoms with van der Waals surface area (Å²) in [6.45, 7) is 4.07. The first-order chi connectivity index (χ1) is 6.74. The second-order valence-electron chi connectivity index (χ2n) is 3.31. The summed E-state index contributed by atoms with van der Waals surface area (Å²) in [5, 5.41) is 0. The van der Waals surface area contributed by atoms with E-state index in [0.29, 0.717) is 0 Å². The van der Waals surface area contributed by atoms with E-state index in [9.17, 15) is 0 Å². The lowest BCUT2D eigenvalue weighted by Gasteiger charge is -2.02. The Morgan fingerprint density at radius 2 is 1.79 bits per heavy atom. The first-order valence-corrected chi connectivity index (χ1v) is 4.68. The molecule has 1 aromatic carbocycles. The third-order valence-electron chi connectivity index (χ3n) is 1.94. The molecule has 14 heavy (non-hydrogen) atoms. The van der Waals surface area contributed by atoms with Crippen LogP contribution in [0, 0.1) is 0 Å².